The average molecular weight is 491 g/mol. The van der Waals surface area contributed by atoms with Crippen LogP contribution in [0.25, 0.3) is 10.9 Å². The minimum absolute atomic E-state index is 0.253. The van der Waals surface area contributed by atoms with Crippen LogP contribution in [0, 0.1) is 5.82 Å². The Bertz CT molecular complexity index is 1400. The number of benzene rings is 3. The second kappa shape index (κ2) is 10.1. The van der Waals surface area contributed by atoms with Gasteiger partial charge < -0.3 is 4.74 Å². The second-order valence-corrected chi connectivity index (χ2v) is 11.1. The summed E-state index contributed by atoms with van der Waals surface area (Å²) < 4.78 is 46.5. The van der Waals surface area contributed by atoms with Crippen LogP contribution in [0.1, 0.15) is 24.0 Å². The lowest BCUT2D eigenvalue weighted by Gasteiger charge is -2.32. The Morgan fingerprint density at radius 3 is 2.37 bits per heavy atom. The van der Waals surface area contributed by atoms with Gasteiger partial charge in [-0.3, -0.25) is 9.88 Å². The zero-order valence-electron chi connectivity index (χ0n) is 19.3. The van der Waals surface area contributed by atoms with Gasteiger partial charge in [0.05, 0.1) is 10.1 Å². The van der Waals surface area contributed by atoms with Gasteiger partial charge >= 0.3 is 0 Å². The first-order valence-electron chi connectivity index (χ1n) is 11.8. The highest BCUT2D eigenvalue weighted by atomic mass is 32.2. The number of rotatable bonds is 7. The molecule has 0 spiro atoms. The number of piperidine rings is 1. The van der Waals surface area contributed by atoms with Crippen molar-refractivity contribution in [3.63, 3.8) is 0 Å². The zero-order chi connectivity index (χ0) is 24.3. The number of halogens is 1. The first-order chi connectivity index (χ1) is 17.0. The summed E-state index contributed by atoms with van der Waals surface area (Å²) >= 11 is 0. The van der Waals surface area contributed by atoms with Crippen molar-refractivity contribution in [3.05, 3.63) is 102 Å². The van der Waals surface area contributed by atoms with E-state index in [-0.39, 0.29) is 5.82 Å². The largest absolute Gasteiger partial charge is 0.487 e. The molecule has 5 rings (SSSR count). The molecule has 3 aromatic carbocycles. The summed E-state index contributed by atoms with van der Waals surface area (Å²) in [4.78, 5) is 6.98. The number of pyridine rings is 1. The predicted molar refractivity (Wildman–Crippen MR) is 134 cm³/mol. The highest BCUT2D eigenvalue weighted by Crippen LogP contribution is 2.34. The van der Waals surface area contributed by atoms with Crippen LogP contribution in [-0.4, -0.2) is 36.6 Å². The van der Waals surface area contributed by atoms with Crippen molar-refractivity contribution in [3.8, 4) is 5.75 Å². The molecule has 0 unspecified atom stereocenters. The minimum atomic E-state index is -3.55. The fourth-order valence-corrected chi connectivity index (χ4v) is 6.55. The van der Waals surface area contributed by atoms with Gasteiger partial charge in [0.25, 0.3) is 0 Å². The third kappa shape index (κ3) is 5.21. The van der Waals surface area contributed by atoms with Crippen LogP contribution in [-0.2, 0) is 23.0 Å². The molecular weight excluding hydrogens is 463 g/mol. The first-order valence-corrected chi connectivity index (χ1v) is 13.3. The first kappa shape index (κ1) is 23.5. The van der Waals surface area contributed by atoms with Gasteiger partial charge in [0.2, 0.25) is 0 Å². The summed E-state index contributed by atoms with van der Waals surface area (Å²) in [5.41, 5.74) is 2.61. The normalized spacial score (nSPS) is 15.3. The molecule has 1 aliphatic rings. The highest BCUT2D eigenvalue weighted by molar-refractivity contribution is 7.92. The molecule has 0 N–H and O–H groups in total. The van der Waals surface area contributed by atoms with Crippen LogP contribution in [0.3, 0.4) is 0 Å². The molecule has 1 fully saturated rings. The lowest BCUT2D eigenvalue weighted by atomic mass is 10.1. The van der Waals surface area contributed by atoms with Crippen LogP contribution in [0.4, 0.5) is 4.39 Å². The topological polar surface area (TPSA) is 59.5 Å². The molecule has 0 saturated carbocycles. The molecule has 0 atom stereocenters. The predicted octanol–water partition coefficient (Wildman–Crippen LogP) is 5.39. The SMILES string of the molecule is O=S(=O)(c1ccc(OCc2ccccc2)c2ncccc12)C1CCN(Cc2ccc(F)cc2)CC1. The average Bonchev–Trinajstić information content (AvgIpc) is 2.89. The van der Waals surface area contributed by atoms with E-state index in [1.807, 2.05) is 30.3 Å². The lowest BCUT2D eigenvalue weighted by Crippen LogP contribution is -2.39. The molecule has 0 amide bonds. The van der Waals surface area contributed by atoms with E-state index in [9.17, 15) is 12.8 Å². The third-order valence-corrected chi connectivity index (χ3v) is 8.85. The van der Waals surface area contributed by atoms with E-state index in [0.29, 0.717) is 60.6 Å². The molecule has 4 aromatic rings. The van der Waals surface area contributed by atoms with Crippen molar-refractivity contribution in [1.29, 1.82) is 0 Å². The number of nitrogens with zero attached hydrogens (tertiary/aromatic N) is 2. The van der Waals surface area contributed by atoms with Crippen molar-refractivity contribution in [2.24, 2.45) is 0 Å². The Balaban J connectivity index is 1.32. The maximum absolute atomic E-state index is 13.7. The summed E-state index contributed by atoms with van der Waals surface area (Å²) in [5, 5.41) is 0.137. The van der Waals surface area contributed by atoms with Crippen LogP contribution in [0.15, 0.2) is 90.0 Å². The maximum atomic E-state index is 13.7. The Labute approximate surface area is 205 Å². The highest BCUT2D eigenvalue weighted by Gasteiger charge is 2.33. The van der Waals surface area contributed by atoms with Crippen molar-refractivity contribution in [2.75, 3.05) is 13.1 Å². The number of aromatic nitrogens is 1. The monoisotopic (exact) mass is 490 g/mol. The minimum Gasteiger partial charge on any atom is -0.487 e. The number of sulfone groups is 1. The molecule has 180 valence electrons. The molecule has 0 bridgehead atoms. The Morgan fingerprint density at radius 1 is 0.886 bits per heavy atom. The lowest BCUT2D eigenvalue weighted by molar-refractivity contribution is 0.222. The van der Waals surface area contributed by atoms with Crippen LogP contribution in [0.5, 0.6) is 5.75 Å². The molecule has 0 aliphatic carbocycles. The molecule has 0 radical (unpaired) electrons. The van der Waals surface area contributed by atoms with E-state index in [4.69, 9.17) is 4.74 Å². The van der Waals surface area contributed by atoms with E-state index >= 15 is 0 Å². The molecule has 1 aliphatic heterocycles. The quantitative estimate of drug-likeness (QED) is 0.348. The van der Waals surface area contributed by atoms with Gasteiger partial charge in [-0.2, -0.15) is 0 Å². The number of hydrogen-bond donors (Lipinski definition) is 0. The molecule has 5 nitrogen and oxygen atoms in total. The van der Waals surface area contributed by atoms with E-state index in [1.165, 1.54) is 12.1 Å². The van der Waals surface area contributed by atoms with E-state index in [0.717, 1.165) is 11.1 Å². The molecular formula is C28H27FN2O3S. The molecule has 2 heterocycles. The molecule has 35 heavy (non-hydrogen) atoms. The number of ether oxygens (including phenoxy) is 1. The van der Waals surface area contributed by atoms with Gasteiger partial charge in [-0.15, -0.1) is 0 Å². The summed E-state index contributed by atoms with van der Waals surface area (Å²) in [5.74, 6) is 0.314. The third-order valence-electron chi connectivity index (χ3n) is 6.53. The van der Waals surface area contributed by atoms with Crippen LogP contribution in [0.2, 0.25) is 0 Å². The van der Waals surface area contributed by atoms with Gasteiger partial charge in [-0.25, -0.2) is 12.8 Å². The summed E-state index contributed by atoms with van der Waals surface area (Å²) in [6.45, 7) is 2.42. The van der Waals surface area contributed by atoms with Gasteiger partial charge in [-0.05, 0) is 73.5 Å². The van der Waals surface area contributed by atoms with E-state index < -0.39 is 15.1 Å². The van der Waals surface area contributed by atoms with E-state index in [2.05, 4.69) is 9.88 Å². The smallest absolute Gasteiger partial charge is 0.182 e. The van der Waals surface area contributed by atoms with E-state index in [1.54, 1.807) is 42.6 Å². The van der Waals surface area contributed by atoms with Crippen molar-refractivity contribution >= 4 is 20.7 Å². The fourth-order valence-electron chi connectivity index (χ4n) is 4.63. The summed E-state index contributed by atoms with van der Waals surface area (Å²) in [6, 6.07) is 23.2. The molecule has 7 heteroatoms. The van der Waals surface area contributed by atoms with Crippen molar-refractivity contribution < 1.29 is 17.5 Å². The zero-order valence-corrected chi connectivity index (χ0v) is 20.1. The van der Waals surface area contributed by atoms with Crippen LogP contribution < -0.4 is 4.74 Å². The van der Waals surface area contributed by atoms with Gasteiger partial charge in [0.1, 0.15) is 23.7 Å². The molecule has 1 saturated heterocycles. The second-order valence-electron chi connectivity index (χ2n) is 8.88. The van der Waals surface area contributed by atoms with Gasteiger partial charge in [0.15, 0.2) is 9.84 Å². The summed E-state index contributed by atoms with van der Waals surface area (Å²) in [7, 11) is -3.55. The van der Waals surface area contributed by atoms with Crippen LogP contribution >= 0.6 is 0 Å². The Kier molecular flexibility index (Phi) is 6.79. The van der Waals surface area contributed by atoms with Gasteiger partial charge in [0, 0.05) is 18.1 Å². The fraction of sp³-hybridized carbons (Fsp3) is 0.250. The maximum Gasteiger partial charge on any atom is 0.182 e. The Morgan fingerprint density at radius 2 is 1.63 bits per heavy atom. The standard InChI is InChI=1S/C28H27FN2O3S/c29-23-10-8-21(9-11-23)19-31-17-14-24(15-18-31)35(32,33)27-13-12-26(28-25(27)7-4-16-30-28)34-20-22-5-2-1-3-6-22/h1-13,16,24H,14-15,17-20H2. The summed E-state index contributed by atoms with van der Waals surface area (Å²) in [6.07, 6.45) is 2.76. The Hall–Kier alpha value is -3.29. The number of fused-ring (bicyclic) bond motifs is 1. The van der Waals surface area contributed by atoms with Crippen molar-refractivity contribution in [2.45, 2.75) is 36.1 Å². The van der Waals surface area contributed by atoms with Gasteiger partial charge in [-0.1, -0.05) is 42.5 Å². The van der Waals surface area contributed by atoms with Crippen molar-refractivity contribution in [1.82, 2.24) is 9.88 Å². The molecule has 1 aromatic heterocycles. The number of likely N-dealkylation sites (tertiary alicyclic amines) is 1. The number of hydrogen-bond acceptors (Lipinski definition) is 5.